The Morgan fingerprint density at radius 3 is 2.71 bits per heavy atom. The van der Waals surface area contributed by atoms with E-state index in [-0.39, 0.29) is 0 Å². The minimum Gasteiger partial charge on any atom is -0.496 e. The van der Waals surface area contributed by atoms with Crippen LogP contribution in [-0.4, -0.2) is 25.1 Å². The van der Waals surface area contributed by atoms with E-state index >= 15 is 0 Å². The largest absolute Gasteiger partial charge is 0.496 e. The monoisotopic (exact) mass is 194 g/mol. The van der Waals surface area contributed by atoms with Gasteiger partial charge in [0.15, 0.2) is 0 Å². The smallest absolute Gasteiger partial charge is 0.314 e. The number of nitrogens with two attached hydrogens (primary N) is 1. The molecule has 0 unspecified atom stereocenters. The number of methoxy groups -OCH3 is 1. The van der Waals surface area contributed by atoms with Gasteiger partial charge in [0, 0.05) is 12.6 Å². The zero-order valence-corrected chi connectivity index (χ0v) is 8.36. The summed E-state index contributed by atoms with van der Waals surface area (Å²) in [7, 11) is 3.25. The van der Waals surface area contributed by atoms with Gasteiger partial charge in [-0.15, -0.1) is 0 Å². The third kappa shape index (κ3) is 2.39. The van der Waals surface area contributed by atoms with Gasteiger partial charge in [-0.05, 0) is 6.07 Å². The van der Waals surface area contributed by atoms with Crippen molar-refractivity contribution in [1.29, 1.82) is 0 Å². The van der Waals surface area contributed by atoms with E-state index in [1.807, 2.05) is 24.3 Å². The summed E-state index contributed by atoms with van der Waals surface area (Å²) in [5, 5.41) is 0. The lowest BCUT2D eigenvalue weighted by Gasteiger charge is -2.15. The number of hydrogen-bond acceptors (Lipinski definition) is 2. The van der Waals surface area contributed by atoms with Crippen molar-refractivity contribution >= 4 is 6.03 Å². The SMILES string of the molecule is COc1ccccc1CN(C)C(N)=O. The number of carbonyl (C=O) groups excluding carboxylic acids is 1. The van der Waals surface area contributed by atoms with Gasteiger partial charge in [0.1, 0.15) is 5.75 Å². The first-order valence-corrected chi connectivity index (χ1v) is 4.27. The predicted octanol–water partition coefficient (Wildman–Crippen LogP) is 1.21. The van der Waals surface area contributed by atoms with Crippen LogP contribution < -0.4 is 10.5 Å². The quantitative estimate of drug-likeness (QED) is 0.786. The number of ether oxygens (including phenoxy) is 1. The van der Waals surface area contributed by atoms with Gasteiger partial charge in [-0.3, -0.25) is 0 Å². The molecule has 0 saturated carbocycles. The molecule has 0 atom stereocenters. The van der Waals surface area contributed by atoms with Crippen LogP contribution in [0.25, 0.3) is 0 Å². The van der Waals surface area contributed by atoms with Crippen LogP contribution in [0.3, 0.4) is 0 Å². The van der Waals surface area contributed by atoms with Gasteiger partial charge in [-0.2, -0.15) is 0 Å². The minimum atomic E-state index is -0.448. The Balaban J connectivity index is 2.80. The fourth-order valence-corrected chi connectivity index (χ4v) is 1.17. The zero-order chi connectivity index (χ0) is 10.6. The summed E-state index contributed by atoms with van der Waals surface area (Å²) in [5.74, 6) is 0.764. The normalized spacial score (nSPS) is 9.57. The molecule has 14 heavy (non-hydrogen) atoms. The third-order valence-corrected chi connectivity index (χ3v) is 1.98. The van der Waals surface area contributed by atoms with Gasteiger partial charge in [0.2, 0.25) is 0 Å². The Morgan fingerprint density at radius 1 is 1.50 bits per heavy atom. The molecule has 4 heteroatoms. The molecular formula is C10H14N2O2. The van der Waals surface area contributed by atoms with Crippen molar-refractivity contribution < 1.29 is 9.53 Å². The van der Waals surface area contributed by atoms with Crippen molar-refractivity contribution in [2.45, 2.75) is 6.54 Å². The van der Waals surface area contributed by atoms with Crippen LogP contribution >= 0.6 is 0 Å². The summed E-state index contributed by atoms with van der Waals surface area (Å²) in [6, 6.07) is 7.08. The molecule has 0 aliphatic heterocycles. The van der Waals surface area contributed by atoms with Crippen LogP contribution in [-0.2, 0) is 6.54 Å². The lowest BCUT2D eigenvalue weighted by atomic mass is 10.2. The molecule has 0 radical (unpaired) electrons. The van der Waals surface area contributed by atoms with E-state index in [0.717, 1.165) is 11.3 Å². The van der Waals surface area contributed by atoms with Crippen LogP contribution in [0.4, 0.5) is 4.79 Å². The first-order chi connectivity index (χ1) is 6.65. The summed E-state index contributed by atoms with van der Waals surface area (Å²) in [4.78, 5) is 12.2. The van der Waals surface area contributed by atoms with E-state index in [2.05, 4.69) is 0 Å². The Kier molecular flexibility index (Phi) is 3.34. The molecule has 0 spiro atoms. The van der Waals surface area contributed by atoms with Gasteiger partial charge in [-0.25, -0.2) is 4.79 Å². The number of rotatable bonds is 3. The molecular weight excluding hydrogens is 180 g/mol. The Labute approximate surface area is 83.3 Å². The number of amides is 2. The summed E-state index contributed by atoms with van der Waals surface area (Å²) >= 11 is 0. The molecule has 0 bridgehead atoms. The molecule has 4 nitrogen and oxygen atoms in total. The molecule has 0 aromatic heterocycles. The second-order valence-electron chi connectivity index (χ2n) is 3.01. The maximum atomic E-state index is 10.8. The van der Waals surface area contributed by atoms with E-state index in [1.54, 1.807) is 14.2 Å². The number of hydrogen-bond donors (Lipinski definition) is 1. The summed E-state index contributed by atoms with van der Waals surface area (Å²) < 4.78 is 5.15. The zero-order valence-electron chi connectivity index (χ0n) is 8.36. The fourth-order valence-electron chi connectivity index (χ4n) is 1.17. The van der Waals surface area contributed by atoms with Crippen molar-refractivity contribution in [2.75, 3.05) is 14.2 Å². The molecule has 76 valence electrons. The molecule has 0 heterocycles. The molecule has 2 N–H and O–H groups in total. The van der Waals surface area contributed by atoms with Crippen molar-refractivity contribution in [1.82, 2.24) is 4.90 Å². The third-order valence-electron chi connectivity index (χ3n) is 1.98. The van der Waals surface area contributed by atoms with E-state index < -0.39 is 6.03 Å². The van der Waals surface area contributed by atoms with Crippen LogP contribution in [0.2, 0.25) is 0 Å². The molecule has 0 fully saturated rings. The van der Waals surface area contributed by atoms with E-state index in [0.29, 0.717) is 6.54 Å². The molecule has 0 aliphatic carbocycles. The second-order valence-corrected chi connectivity index (χ2v) is 3.01. The van der Waals surface area contributed by atoms with Gasteiger partial charge < -0.3 is 15.4 Å². The predicted molar refractivity (Wildman–Crippen MR) is 54.0 cm³/mol. The highest BCUT2D eigenvalue weighted by atomic mass is 16.5. The summed E-state index contributed by atoms with van der Waals surface area (Å²) in [6.07, 6.45) is 0. The number of nitrogens with zero attached hydrogens (tertiary/aromatic N) is 1. The van der Waals surface area contributed by atoms with Crippen molar-refractivity contribution in [2.24, 2.45) is 5.73 Å². The standard InChI is InChI=1S/C10H14N2O2/c1-12(10(11)13)7-8-5-3-4-6-9(8)14-2/h3-6H,7H2,1-2H3,(H2,11,13). The average molecular weight is 194 g/mol. The number of urea groups is 1. The van der Waals surface area contributed by atoms with Gasteiger partial charge in [0.05, 0.1) is 13.7 Å². The first-order valence-electron chi connectivity index (χ1n) is 4.27. The lowest BCUT2D eigenvalue weighted by Crippen LogP contribution is -2.31. The number of benzene rings is 1. The summed E-state index contributed by atoms with van der Waals surface area (Å²) in [6.45, 7) is 0.458. The number of para-hydroxylation sites is 1. The molecule has 1 aromatic carbocycles. The average Bonchev–Trinajstić information content (AvgIpc) is 2.18. The van der Waals surface area contributed by atoms with Gasteiger partial charge >= 0.3 is 6.03 Å². The Bertz CT molecular complexity index is 326. The van der Waals surface area contributed by atoms with Crippen LogP contribution in [0, 0.1) is 0 Å². The topological polar surface area (TPSA) is 55.6 Å². The lowest BCUT2D eigenvalue weighted by molar-refractivity contribution is 0.216. The van der Waals surface area contributed by atoms with Crippen molar-refractivity contribution in [3.05, 3.63) is 29.8 Å². The van der Waals surface area contributed by atoms with Gasteiger partial charge in [-0.1, -0.05) is 18.2 Å². The highest BCUT2D eigenvalue weighted by molar-refractivity contribution is 5.71. The van der Waals surface area contributed by atoms with Crippen LogP contribution in [0.1, 0.15) is 5.56 Å². The Hall–Kier alpha value is -1.71. The van der Waals surface area contributed by atoms with E-state index in [1.165, 1.54) is 4.90 Å². The Morgan fingerprint density at radius 2 is 2.14 bits per heavy atom. The fraction of sp³-hybridized carbons (Fsp3) is 0.300. The maximum Gasteiger partial charge on any atom is 0.314 e. The molecule has 0 saturated heterocycles. The van der Waals surface area contributed by atoms with E-state index in [4.69, 9.17) is 10.5 Å². The molecule has 1 rings (SSSR count). The van der Waals surface area contributed by atoms with Crippen molar-refractivity contribution in [3.8, 4) is 5.75 Å². The second kappa shape index (κ2) is 4.50. The first kappa shape index (κ1) is 10.4. The number of carbonyl (C=O) groups is 1. The number of primary amides is 1. The van der Waals surface area contributed by atoms with E-state index in [9.17, 15) is 4.79 Å². The highest BCUT2D eigenvalue weighted by Crippen LogP contribution is 2.18. The molecule has 2 amide bonds. The summed E-state index contributed by atoms with van der Waals surface area (Å²) in [5.41, 5.74) is 6.06. The molecule has 1 aromatic rings. The van der Waals surface area contributed by atoms with Crippen LogP contribution in [0.5, 0.6) is 5.75 Å². The highest BCUT2D eigenvalue weighted by Gasteiger charge is 2.07. The van der Waals surface area contributed by atoms with Gasteiger partial charge in [0.25, 0.3) is 0 Å². The maximum absolute atomic E-state index is 10.8. The van der Waals surface area contributed by atoms with Crippen molar-refractivity contribution in [3.63, 3.8) is 0 Å². The molecule has 0 aliphatic rings. The van der Waals surface area contributed by atoms with Crippen LogP contribution in [0.15, 0.2) is 24.3 Å². The minimum absolute atomic E-state index is 0.448.